The number of hydrogen-bond acceptors (Lipinski definition) is 4. The third kappa shape index (κ3) is 20.9. The highest BCUT2D eigenvalue weighted by atomic mass is 16.6. The first kappa shape index (κ1) is 18.3. The van der Waals surface area contributed by atoms with Crippen molar-refractivity contribution >= 4 is 12.4 Å². The molecule has 0 aromatic heterocycles. The molecule has 0 saturated carbocycles. The van der Waals surface area contributed by atoms with Crippen LogP contribution in [0.2, 0.25) is 0 Å². The van der Waals surface area contributed by atoms with Gasteiger partial charge < -0.3 is 20.0 Å². The van der Waals surface area contributed by atoms with Gasteiger partial charge in [0.15, 0.2) is 0 Å². The number of rotatable bonds is 5. The number of alkyl carbamates (subject to hydrolysis) is 1. The molecule has 102 valence electrons. The minimum atomic E-state index is -0.455. The Morgan fingerprint density at radius 3 is 2.29 bits per heavy atom. The van der Waals surface area contributed by atoms with Crippen molar-refractivity contribution in [3.63, 3.8) is 0 Å². The van der Waals surface area contributed by atoms with E-state index in [2.05, 4.69) is 5.32 Å². The van der Waals surface area contributed by atoms with Gasteiger partial charge in [-0.25, -0.2) is 4.79 Å². The zero-order valence-corrected chi connectivity index (χ0v) is 11.3. The number of aliphatic hydroxyl groups excluding tert-OH is 1. The molecule has 0 aliphatic rings. The minimum absolute atomic E-state index is 0.0792. The van der Waals surface area contributed by atoms with Crippen molar-refractivity contribution in [2.24, 2.45) is 0 Å². The fraction of sp³-hybridized carbons (Fsp3) is 0.833. The van der Waals surface area contributed by atoms with Gasteiger partial charge in [0.2, 0.25) is 0 Å². The number of carbonyl (C=O) groups excluding carboxylic acids is 2. The number of amides is 1. The third-order valence-corrected chi connectivity index (χ3v) is 1.41. The first-order valence-corrected chi connectivity index (χ1v) is 5.88. The van der Waals surface area contributed by atoms with E-state index in [1.165, 1.54) is 0 Å². The zero-order chi connectivity index (χ0) is 13.7. The Balaban J connectivity index is 0. The van der Waals surface area contributed by atoms with Crippen LogP contribution in [-0.4, -0.2) is 36.2 Å². The molecule has 0 heterocycles. The molecule has 0 rings (SSSR count). The van der Waals surface area contributed by atoms with Crippen molar-refractivity contribution < 1.29 is 19.4 Å². The summed E-state index contributed by atoms with van der Waals surface area (Å²) in [7, 11) is 0. The van der Waals surface area contributed by atoms with Crippen LogP contribution >= 0.6 is 0 Å². The van der Waals surface area contributed by atoms with Crippen molar-refractivity contribution in [2.75, 3.05) is 13.2 Å². The Kier molecular flexibility index (Phi) is 12.2. The maximum Gasteiger partial charge on any atom is 0.407 e. The van der Waals surface area contributed by atoms with Crippen molar-refractivity contribution in [1.29, 1.82) is 0 Å². The van der Waals surface area contributed by atoms with E-state index in [1.807, 2.05) is 6.92 Å². The van der Waals surface area contributed by atoms with Crippen LogP contribution in [0.5, 0.6) is 0 Å². The van der Waals surface area contributed by atoms with Gasteiger partial charge in [0.1, 0.15) is 11.9 Å². The minimum Gasteiger partial charge on any atom is -0.444 e. The highest BCUT2D eigenvalue weighted by Crippen LogP contribution is 2.05. The average Bonchev–Trinajstić information content (AvgIpc) is 2.17. The second kappa shape index (κ2) is 11.4. The van der Waals surface area contributed by atoms with Gasteiger partial charge >= 0.3 is 6.09 Å². The van der Waals surface area contributed by atoms with Crippen molar-refractivity contribution in [3.8, 4) is 0 Å². The Hall–Kier alpha value is -1.10. The first-order chi connectivity index (χ1) is 7.87. The van der Waals surface area contributed by atoms with E-state index in [1.54, 1.807) is 20.8 Å². The number of nitrogens with one attached hydrogen (secondary N) is 1. The highest BCUT2D eigenvalue weighted by Gasteiger charge is 2.15. The largest absolute Gasteiger partial charge is 0.444 e. The van der Waals surface area contributed by atoms with E-state index in [9.17, 15) is 9.59 Å². The van der Waals surface area contributed by atoms with Gasteiger partial charge in [0, 0.05) is 19.6 Å². The lowest BCUT2D eigenvalue weighted by molar-refractivity contribution is -0.107. The summed E-state index contributed by atoms with van der Waals surface area (Å²) in [5.41, 5.74) is -0.455. The van der Waals surface area contributed by atoms with Crippen LogP contribution < -0.4 is 5.32 Å². The summed E-state index contributed by atoms with van der Waals surface area (Å²) < 4.78 is 4.95. The van der Waals surface area contributed by atoms with Gasteiger partial charge in [-0.1, -0.05) is 6.92 Å². The molecule has 0 saturated heterocycles. The molecule has 0 aromatic carbocycles. The predicted molar refractivity (Wildman–Crippen MR) is 66.9 cm³/mol. The van der Waals surface area contributed by atoms with Gasteiger partial charge in [-0.2, -0.15) is 0 Å². The molecule has 0 atom stereocenters. The number of ether oxygens (including phenoxy) is 1. The number of aldehydes is 1. The Morgan fingerprint density at radius 2 is 2.00 bits per heavy atom. The van der Waals surface area contributed by atoms with Gasteiger partial charge in [0.05, 0.1) is 0 Å². The van der Waals surface area contributed by atoms with Gasteiger partial charge in [-0.3, -0.25) is 0 Å². The van der Waals surface area contributed by atoms with Gasteiger partial charge in [-0.05, 0) is 33.6 Å². The van der Waals surface area contributed by atoms with E-state index < -0.39 is 11.7 Å². The molecular weight excluding hydrogens is 222 g/mol. The van der Waals surface area contributed by atoms with E-state index in [4.69, 9.17) is 9.84 Å². The van der Waals surface area contributed by atoms with Crippen LogP contribution in [0.25, 0.3) is 0 Å². The molecule has 0 aliphatic heterocycles. The second-order valence-electron chi connectivity index (χ2n) is 4.46. The maximum atomic E-state index is 10.9. The standard InChI is InChI=1S/C8H17NO3.C4H8O/c1-8(2,3)12-7(11)9-5-4-6-10;1-2-3-4-5/h10H,4-6H2,1-3H3,(H,9,11);4H,2-3H2,1H3. The molecule has 5 nitrogen and oxygen atoms in total. The Morgan fingerprint density at radius 1 is 1.41 bits per heavy atom. The highest BCUT2D eigenvalue weighted by molar-refractivity contribution is 5.67. The number of aliphatic hydroxyl groups is 1. The normalized spacial score (nSPS) is 9.94. The molecule has 17 heavy (non-hydrogen) atoms. The Labute approximate surface area is 104 Å². The topological polar surface area (TPSA) is 75.6 Å². The lowest BCUT2D eigenvalue weighted by Gasteiger charge is -2.19. The van der Waals surface area contributed by atoms with Crippen LogP contribution in [0.1, 0.15) is 47.0 Å². The van der Waals surface area contributed by atoms with Gasteiger partial charge in [-0.15, -0.1) is 0 Å². The Bertz CT molecular complexity index is 199. The monoisotopic (exact) mass is 247 g/mol. The third-order valence-electron chi connectivity index (χ3n) is 1.41. The van der Waals surface area contributed by atoms with E-state index in [0.717, 1.165) is 12.7 Å². The molecule has 0 unspecified atom stereocenters. The molecule has 0 radical (unpaired) electrons. The maximum absolute atomic E-state index is 10.9. The molecule has 0 aromatic rings. The summed E-state index contributed by atoms with van der Waals surface area (Å²) in [6, 6.07) is 0. The second-order valence-corrected chi connectivity index (χ2v) is 4.46. The van der Waals surface area contributed by atoms with E-state index in [-0.39, 0.29) is 6.61 Å². The zero-order valence-electron chi connectivity index (χ0n) is 11.3. The average molecular weight is 247 g/mol. The summed E-state index contributed by atoms with van der Waals surface area (Å²) >= 11 is 0. The van der Waals surface area contributed by atoms with Crippen LogP contribution in [0, 0.1) is 0 Å². The molecule has 2 N–H and O–H groups in total. The van der Waals surface area contributed by atoms with E-state index >= 15 is 0 Å². The van der Waals surface area contributed by atoms with Crippen LogP contribution in [0.4, 0.5) is 4.79 Å². The molecule has 0 fully saturated rings. The molecule has 0 spiro atoms. The number of hydrogen-bond donors (Lipinski definition) is 2. The summed E-state index contributed by atoms with van der Waals surface area (Å²) in [6.07, 6.45) is 2.74. The fourth-order valence-corrected chi connectivity index (χ4v) is 0.702. The van der Waals surface area contributed by atoms with Crippen LogP contribution in [0.15, 0.2) is 0 Å². The van der Waals surface area contributed by atoms with Gasteiger partial charge in [0.25, 0.3) is 0 Å². The quantitative estimate of drug-likeness (QED) is 0.574. The molecule has 5 heteroatoms. The molecule has 0 bridgehead atoms. The fourth-order valence-electron chi connectivity index (χ4n) is 0.702. The number of unbranched alkanes of at least 4 members (excludes halogenated alkanes) is 1. The number of carbonyl (C=O) groups is 2. The van der Waals surface area contributed by atoms with Crippen LogP contribution in [0.3, 0.4) is 0 Å². The molecular formula is C12H25NO4. The lowest BCUT2D eigenvalue weighted by Crippen LogP contribution is -2.33. The summed E-state index contributed by atoms with van der Waals surface area (Å²) in [5, 5.41) is 10.9. The summed E-state index contributed by atoms with van der Waals surface area (Å²) in [6.45, 7) is 7.92. The summed E-state index contributed by atoms with van der Waals surface area (Å²) in [5.74, 6) is 0. The van der Waals surface area contributed by atoms with Crippen molar-refractivity contribution in [2.45, 2.75) is 52.6 Å². The SMILES string of the molecule is CC(C)(C)OC(=O)NCCCO.CCCC=O. The molecule has 0 aliphatic carbocycles. The van der Waals surface area contributed by atoms with Crippen molar-refractivity contribution in [3.05, 3.63) is 0 Å². The summed E-state index contributed by atoms with van der Waals surface area (Å²) in [4.78, 5) is 20.3. The smallest absolute Gasteiger partial charge is 0.407 e. The predicted octanol–water partition coefficient (Wildman–Crippen LogP) is 1.88. The lowest BCUT2D eigenvalue weighted by atomic mass is 10.2. The van der Waals surface area contributed by atoms with E-state index in [0.29, 0.717) is 19.4 Å². The van der Waals surface area contributed by atoms with Crippen LogP contribution in [-0.2, 0) is 9.53 Å². The molecule has 1 amide bonds. The van der Waals surface area contributed by atoms with Crippen molar-refractivity contribution in [1.82, 2.24) is 5.32 Å². The first-order valence-electron chi connectivity index (χ1n) is 5.88.